The molecular weight excluding hydrogens is 340 g/mol. The lowest BCUT2D eigenvalue weighted by molar-refractivity contribution is 0.300. The quantitative estimate of drug-likeness (QED) is 0.826. The largest absolute Gasteiger partial charge is 0.487 e. The summed E-state index contributed by atoms with van der Waals surface area (Å²) in [6, 6.07) is 6.78. The second-order valence-corrected chi connectivity index (χ2v) is 5.12. The van der Waals surface area contributed by atoms with Crippen molar-refractivity contribution in [3.63, 3.8) is 0 Å². The molecule has 0 heterocycles. The fraction of sp³-hybridized carbons (Fsp3) is 0.0769. The van der Waals surface area contributed by atoms with Crippen molar-refractivity contribution in [1.82, 2.24) is 0 Å². The number of benzene rings is 2. The van der Waals surface area contributed by atoms with Gasteiger partial charge in [-0.15, -0.1) is 0 Å². The van der Waals surface area contributed by atoms with E-state index in [4.69, 9.17) is 22.1 Å². The van der Waals surface area contributed by atoms with Crippen LogP contribution in [0.15, 0.2) is 34.8 Å². The molecule has 0 aromatic heterocycles. The number of hydrogen-bond donors (Lipinski definition) is 1. The monoisotopic (exact) mass is 347 g/mol. The highest BCUT2D eigenvalue weighted by atomic mass is 79.9. The molecule has 2 N–H and O–H groups in total. The number of halogens is 4. The van der Waals surface area contributed by atoms with Crippen molar-refractivity contribution in [2.24, 2.45) is 0 Å². The Morgan fingerprint density at radius 2 is 1.89 bits per heavy atom. The minimum absolute atomic E-state index is 0.0612. The molecule has 0 aliphatic rings. The summed E-state index contributed by atoms with van der Waals surface area (Å²) in [5.41, 5.74) is 6.26. The summed E-state index contributed by atoms with van der Waals surface area (Å²) < 4.78 is 32.4. The van der Waals surface area contributed by atoms with Gasteiger partial charge in [-0.05, 0) is 34.1 Å². The van der Waals surface area contributed by atoms with Gasteiger partial charge in [0.1, 0.15) is 24.0 Å². The minimum atomic E-state index is -0.499. The fourth-order valence-electron chi connectivity index (χ4n) is 1.46. The second-order valence-electron chi connectivity index (χ2n) is 3.83. The summed E-state index contributed by atoms with van der Waals surface area (Å²) >= 11 is 8.65. The Bertz CT molecular complexity index is 622. The van der Waals surface area contributed by atoms with Gasteiger partial charge in [-0.2, -0.15) is 0 Å². The molecule has 0 atom stereocenters. The third-order valence-electron chi connectivity index (χ3n) is 2.45. The van der Waals surface area contributed by atoms with E-state index in [1.165, 1.54) is 18.2 Å². The van der Waals surface area contributed by atoms with E-state index in [9.17, 15) is 8.78 Å². The third kappa shape index (κ3) is 3.36. The molecule has 0 saturated carbocycles. The van der Waals surface area contributed by atoms with E-state index in [0.29, 0.717) is 10.6 Å². The van der Waals surface area contributed by atoms with Crippen LogP contribution < -0.4 is 10.5 Å². The third-order valence-corrected chi connectivity index (χ3v) is 3.29. The molecule has 6 heteroatoms. The van der Waals surface area contributed by atoms with Gasteiger partial charge in [0, 0.05) is 16.7 Å². The molecule has 0 aliphatic carbocycles. The zero-order valence-electron chi connectivity index (χ0n) is 9.59. The van der Waals surface area contributed by atoms with Gasteiger partial charge in [0.2, 0.25) is 0 Å². The van der Waals surface area contributed by atoms with Crippen LogP contribution in [0.2, 0.25) is 5.02 Å². The summed E-state index contributed by atoms with van der Waals surface area (Å²) in [7, 11) is 0. The maximum absolute atomic E-state index is 13.5. The molecule has 2 rings (SSSR count). The van der Waals surface area contributed by atoms with Crippen molar-refractivity contribution >= 4 is 33.2 Å². The first-order valence-corrected chi connectivity index (χ1v) is 6.45. The van der Waals surface area contributed by atoms with E-state index < -0.39 is 11.6 Å². The molecule has 0 unspecified atom stereocenters. The Balaban J connectivity index is 2.16. The van der Waals surface area contributed by atoms with E-state index in [1.54, 1.807) is 6.07 Å². The first-order chi connectivity index (χ1) is 8.97. The highest BCUT2D eigenvalue weighted by molar-refractivity contribution is 9.10. The smallest absolute Gasteiger partial charge is 0.145 e. The van der Waals surface area contributed by atoms with Crippen molar-refractivity contribution in [3.8, 4) is 5.75 Å². The average Bonchev–Trinajstić information content (AvgIpc) is 2.34. The lowest BCUT2D eigenvalue weighted by atomic mass is 10.2. The number of hydrogen-bond acceptors (Lipinski definition) is 2. The molecule has 0 saturated heterocycles. The first-order valence-electron chi connectivity index (χ1n) is 5.28. The van der Waals surface area contributed by atoms with Crippen molar-refractivity contribution in [2.75, 3.05) is 5.73 Å². The summed E-state index contributed by atoms with van der Waals surface area (Å²) in [6.07, 6.45) is 0. The van der Waals surface area contributed by atoms with E-state index in [0.717, 1.165) is 6.07 Å². The Hall–Kier alpha value is -1.33. The average molecular weight is 349 g/mol. The molecule has 0 radical (unpaired) electrons. The minimum Gasteiger partial charge on any atom is -0.487 e. The molecule has 0 fully saturated rings. The van der Waals surface area contributed by atoms with Crippen LogP contribution in [0.5, 0.6) is 5.75 Å². The van der Waals surface area contributed by atoms with Crippen molar-refractivity contribution in [2.45, 2.75) is 6.61 Å². The number of anilines is 1. The van der Waals surface area contributed by atoms with E-state index in [1.807, 2.05) is 0 Å². The highest BCUT2D eigenvalue weighted by Crippen LogP contribution is 2.29. The standard InChI is InChI=1S/C13H9BrClF2NO/c14-9-4-12(18)13(5-11(9)17)19-6-7-1-2-8(15)3-10(7)16/h1-5H,6,18H2. The van der Waals surface area contributed by atoms with Gasteiger partial charge < -0.3 is 10.5 Å². The second kappa shape index (κ2) is 5.75. The molecule has 2 aromatic rings. The van der Waals surface area contributed by atoms with Crippen molar-refractivity contribution in [3.05, 3.63) is 57.0 Å². The number of nitrogen functional groups attached to an aromatic ring is 1. The van der Waals surface area contributed by atoms with Crippen LogP contribution in [0.4, 0.5) is 14.5 Å². The molecule has 2 aromatic carbocycles. The molecule has 2 nitrogen and oxygen atoms in total. The first kappa shape index (κ1) is 14.1. The van der Waals surface area contributed by atoms with Crippen LogP contribution >= 0.6 is 27.5 Å². The maximum atomic E-state index is 13.5. The van der Waals surface area contributed by atoms with Gasteiger partial charge >= 0.3 is 0 Å². The van der Waals surface area contributed by atoms with Gasteiger partial charge in [0.15, 0.2) is 0 Å². The molecule has 0 bridgehead atoms. The fourth-order valence-corrected chi connectivity index (χ4v) is 1.98. The van der Waals surface area contributed by atoms with Crippen LogP contribution in [-0.4, -0.2) is 0 Å². The SMILES string of the molecule is Nc1cc(Br)c(F)cc1OCc1ccc(Cl)cc1F. The van der Waals surface area contributed by atoms with Crippen LogP contribution in [0.3, 0.4) is 0 Å². The zero-order chi connectivity index (χ0) is 14.0. The lowest BCUT2D eigenvalue weighted by Crippen LogP contribution is -2.01. The van der Waals surface area contributed by atoms with Crippen LogP contribution in [-0.2, 0) is 6.61 Å². The van der Waals surface area contributed by atoms with E-state index in [2.05, 4.69) is 15.9 Å². The van der Waals surface area contributed by atoms with Crippen molar-refractivity contribution in [1.29, 1.82) is 0 Å². The zero-order valence-corrected chi connectivity index (χ0v) is 11.9. The Kier molecular flexibility index (Phi) is 4.27. The maximum Gasteiger partial charge on any atom is 0.145 e. The van der Waals surface area contributed by atoms with E-state index in [-0.39, 0.29) is 22.5 Å². The van der Waals surface area contributed by atoms with E-state index >= 15 is 0 Å². The Morgan fingerprint density at radius 1 is 1.16 bits per heavy atom. The molecule has 0 spiro atoms. The van der Waals surface area contributed by atoms with Crippen molar-refractivity contribution < 1.29 is 13.5 Å². The van der Waals surface area contributed by atoms with Gasteiger partial charge in [0.25, 0.3) is 0 Å². The van der Waals surface area contributed by atoms with Crippen LogP contribution in [0.25, 0.3) is 0 Å². The predicted octanol–water partition coefficient (Wildman–Crippen LogP) is 4.54. The summed E-state index contributed by atoms with van der Waals surface area (Å²) in [4.78, 5) is 0. The lowest BCUT2D eigenvalue weighted by Gasteiger charge is -2.10. The van der Waals surface area contributed by atoms with Crippen LogP contribution in [0, 0.1) is 11.6 Å². The van der Waals surface area contributed by atoms with Gasteiger partial charge in [0.05, 0.1) is 10.2 Å². The summed E-state index contributed by atoms with van der Waals surface area (Å²) in [6.45, 7) is -0.0612. The molecular formula is C13H9BrClF2NO. The van der Waals surface area contributed by atoms with Crippen LogP contribution in [0.1, 0.15) is 5.56 Å². The summed E-state index contributed by atoms with van der Waals surface area (Å²) in [5.74, 6) is -0.820. The van der Waals surface area contributed by atoms with Gasteiger partial charge in [-0.1, -0.05) is 17.7 Å². The highest BCUT2D eigenvalue weighted by Gasteiger charge is 2.09. The predicted molar refractivity (Wildman–Crippen MR) is 74.3 cm³/mol. The molecule has 19 heavy (non-hydrogen) atoms. The van der Waals surface area contributed by atoms with Gasteiger partial charge in [-0.25, -0.2) is 8.78 Å². The topological polar surface area (TPSA) is 35.2 Å². The number of ether oxygens (including phenoxy) is 1. The number of nitrogens with two attached hydrogens (primary N) is 1. The summed E-state index contributed by atoms with van der Waals surface area (Å²) in [5, 5.41) is 0.301. The molecule has 0 amide bonds. The normalized spacial score (nSPS) is 10.5. The Morgan fingerprint density at radius 3 is 2.58 bits per heavy atom. The molecule has 100 valence electrons. The molecule has 0 aliphatic heterocycles. The number of rotatable bonds is 3. The Labute approximate surface area is 122 Å². The van der Waals surface area contributed by atoms with Gasteiger partial charge in [-0.3, -0.25) is 0 Å².